The molecule has 2 N–H and O–H groups in total. The Kier molecular flexibility index (Phi) is 4.59. The lowest BCUT2D eigenvalue weighted by Crippen LogP contribution is -2.18. The predicted octanol–water partition coefficient (Wildman–Crippen LogP) is 1.36. The summed E-state index contributed by atoms with van der Waals surface area (Å²) in [5, 5.41) is 4.13. The SMILES string of the molecule is CCC(N)CCCc1ncnn1CC. The van der Waals surface area contributed by atoms with Gasteiger partial charge in [-0.3, -0.25) is 4.68 Å². The Morgan fingerprint density at radius 2 is 2.29 bits per heavy atom. The van der Waals surface area contributed by atoms with Gasteiger partial charge in [-0.15, -0.1) is 0 Å². The largest absolute Gasteiger partial charge is 0.328 e. The molecule has 0 spiro atoms. The lowest BCUT2D eigenvalue weighted by Gasteiger charge is -2.07. The molecule has 0 radical (unpaired) electrons. The van der Waals surface area contributed by atoms with Gasteiger partial charge in [0.05, 0.1) is 0 Å². The molecule has 1 heterocycles. The van der Waals surface area contributed by atoms with Crippen LogP contribution in [0.25, 0.3) is 0 Å². The van der Waals surface area contributed by atoms with Crippen molar-refractivity contribution in [1.82, 2.24) is 14.8 Å². The summed E-state index contributed by atoms with van der Waals surface area (Å²) in [7, 11) is 0. The predicted molar refractivity (Wildman–Crippen MR) is 56.9 cm³/mol. The average molecular weight is 196 g/mol. The van der Waals surface area contributed by atoms with Crippen molar-refractivity contribution < 1.29 is 0 Å². The van der Waals surface area contributed by atoms with E-state index in [1.54, 1.807) is 6.33 Å². The second-order valence-electron chi connectivity index (χ2n) is 3.55. The summed E-state index contributed by atoms with van der Waals surface area (Å²) in [4.78, 5) is 4.22. The van der Waals surface area contributed by atoms with Crippen LogP contribution in [0.3, 0.4) is 0 Å². The minimum atomic E-state index is 0.341. The number of nitrogens with zero attached hydrogens (tertiary/aromatic N) is 3. The first-order valence-corrected chi connectivity index (χ1v) is 5.40. The maximum absolute atomic E-state index is 5.84. The van der Waals surface area contributed by atoms with Crippen LogP contribution in [-0.2, 0) is 13.0 Å². The van der Waals surface area contributed by atoms with Crippen LogP contribution in [0.5, 0.6) is 0 Å². The van der Waals surface area contributed by atoms with E-state index in [1.165, 1.54) is 0 Å². The lowest BCUT2D eigenvalue weighted by molar-refractivity contribution is 0.542. The van der Waals surface area contributed by atoms with Crippen molar-refractivity contribution in [3.05, 3.63) is 12.2 Å². The van der Waals surface area contributed by atoms with Gasteiger partial charge in [-0.2, -0.15) is 5.10 Å². The molecule has 1 rings (SSSR count). The van der Waals surface area contributed by atoms with E-state index in [4.69, 9.17) is 5.73 Å². The van der Waals surface area contributed by atoms with E-state index in [0.29, 0.717) is 6.04 Å². The summed E-state index contributed by atoms with van der Waals surface area (Å²) in [5.41, 5.74) is 5.84. The molecule has 1 aromatic rings. The van der Waals surface area contributed by atoms with Crippen LogP contribution < -0.4 is 5.73 Å². The molecule has 0 aliphatic carbocycles. The van der Waals surface area contributed by atoms with Gasteiger partial charge in [0.1, 0.15) is 12.2 Å². The van der Waals surface area contributed by atoms with Gasteiger partial charge in [0, 0.05) is 19.0 Å². The van der Waals surface area contributed by atoms with Gasteiger partial charge < -0.3 is 5.73 Å². The van der Waals surface area contributed by atoms with Crippen LogP contribution in [0, 0.1) is 0 Å². The summed E-state index contributed by atoms with van der Waals surface area (Å²) in [6, 6.07) is 0.341. The van der Waals surface area contributed by atoms with Crippen molar-refractivity contribution in [2.45, 2.75) is 52.1 Å². The molecule has 0 bridgehead atoms. The highest BCUT2D eigenvalue weighted by atomic mass is 15.3. The molecule has 0 fully saturated rings. The molecule has 0 aliphatic rings. The Bertz CT molecular complexity index is 256. The van der Waals surface area contributed by atoms with Gasteiger partial charge in [-0.05, 0) is 26.2 Å². The van der Waals surface area contributed by atoms with E-state index in [-0.39, 0.29) is 0 Å². The normalized spacial score (nSPS) is 13.1. The minimum absolute atomic E-state index is 0.341. The smallest absolute Gasteiger partial charge is 0.138 e. The fraction of sp³-hybridized carbons (Fsp3) is 0.800. The van der Waals surface area contributed by atoms with Gasteiger partial charge in [-0.25, -0.2) is 4.98 Å². The van der Waals surface area contributed by atoms with E-state index in [9.17, 15) is 0 Å². The number of hydrogen-bond acceptors (Lipinski definition) is 3. The summed E-state index contributed by atoms with van der Waals surface area (Å²) < 4.78 is 1.94. The van der Waals surface area contributed by atoms with Crippen molar-refractivity contribution >= 4 is 0 Å². The third kappa shape index (κ3) is 3.10. The highest BCUT2D eigenvalue weighted by Gasteiger charge is 2.04. The van der Waals surface area contributed by atoms with Crippen LogP contribution in [0.1, 0.15) is 38.9 Å². The highest BCUT2D eigenvalue weighted by molar-refractivity contribution is 4.84. The number of rotatable bonds is 6. The van der Waals surface area contributed by atoms with Gasteiger partial charge in [0.25, 0.3) is 0 Å². The maximum Gasteiger partial charge on any atom is 0.138 e. The number of aromatic nitrogens is 3. The van der Waals surface area contributed by atoms with E-state index >= 15 is 0 Å². The Labute approximate surface area is 85.5 Å². The number of hydrogen-bond donors (Lipinski definition) is 1. The van der Waals surface area contributed by atoms with E-state index in [1.807, 2.05) is 4.68 Å². The van der Waals surface area contributed by atoms with Crippen molar-refractivity contribution in [1.29, 1.82) is 0 Å². The molecule has 14 heavy (non-hydrogen) atoms. The van der Waals surface area contributed by atoms with Gasteiger partial charge in [0.2, 0.25) is 0 Å². The average Bonchev–Trinajstić information content (AvgIpc) is 2.65. The lowest BCUT2D eigenvalue weighted by atomic mass is 10.1. The molecule has 80 valence electrons. The quantitative estimate of drug-likeness (QED) is 0.747. The fourth-order valence-corrected chi connectivity index (χ4v) is 1.47. The topological polar surface area (TPSA) is 56.7 Å². The van der Waals surface area contributed by atoms with E-state index in [0.717, 1.165) is 38.1 Å². The van der Waals surface area contributed by atoms with Crippen LogP contribution in [0.15, 0.2) is 6.33 Å². The molecule has 0 saturated carbocycles. The second-order valence-corrected chi connectivity index (χ2v) is 3.55. The molecule has 0 aromatic carbocycles. The molecule has 1 aromatic heterocycles. The molecule has 1 atom stereocenters. The zero-order chi connectivity index (χ0) is 10.4. The first-order valence-electron chi connectivity index (χ1n) is 5.40. The molecule has 0 aliphatic heterocycles. The van der Waals surface area contributed by atoms with Crippen molar-refractivity contribution in [2.24, 2.45) is 5.73 Å². The number of nitrogens with two attached hydrogens (primary N) is 1. The first-order chi connectivity index (χ1) is 6.77. The maximum atomic E-state index is 5.84. The molecular weight excluding hydrogens is 176 g/mol. The Morgan fingerprint density at radius 1 is 1.50 bits per heavy atom. The number of aryl methyl sites for hydroxylation is 2. The van der Waals surface area contributed by atoms with Gasteiger partial charge in [0.15, 0.2) is 0 Å². The van der Waals surface area contributed by atoms with Gasteiger partial charge in [-0.1, -0.05) is 6.92 Å². The fourth-order valence-electron chi connectivity index (χ4n) is 1.47. The Balaban J connectivity index is 2.31. The molecule has 1 unspecified atom stereocenters. The zero-order valence-electron chi connectivity index (χ0n) is 9.11. The second kappa shape index (κ2) is 5.75. The minimum Gasteiger partial charge on any atom is -0.328 e. The van der Waals surface area contributed by atoms with Crippen LogP contribution in [0.4, 0.5) is 0 Å². The van der Waals surface area contributed by atoms with Crippen LogP contribution in [0.2, 0.25) is 0 Å². The summed E-state index contributed by atoms with van der Waals surface area (Å²) in [6.45, 7) is 5.10. The van der Waals surface area contributed by atoms with Crippen molar-refractivity contribution in [3.8, 4) is 0 Å². The molecule has 4 heteroatoms. The monoisotopic (exact) mass is 196 g/mol. The standard InChI is InChI=1S/C10H20N4/c1-3-9(11)6-5-7-10-12-8-13-14(10)4-2/h8-9H,3-7,11H2,1-2H3. The zero-order valence-corrected chi connectivity index (χ0v) is 9.11. The van der Waals surface area contributed by atoms with Crippen molar-refractivity contribution in [3.63, 3.8) is 0 Å². The molecule has 4 nitrogen and oxygen atoms in total. The Morgan fingerprint density at radius 3 is 2.93 bits per heavy atom. The Hall–Kier alpha value is -0.900. The third-order valence-electron chi connectivity index (χ3n) is 2.49. The van der Waals surface area contributed by atoms with Gasteiger partial charge >= 0.3 is 0 Å². The van der Waals surface area contributed by atoms with Crippen molar-refractivity contribution in [2.75, 3.05) is 0 Å². The molecule has 0 amide bonds. The summed E-state index contributed by atoms with van der Waals surface area (Å²) in [5.74, 6) is 1.08. The van der Waals surface area contributed by atoms with Crippen LogP contribution in [-0.4, -0.2) is 20.8 Å². The van der Waals surface area contributed by atoms with Crippen LogP contribution >= 0.6 is 0 Å². The summed E-state index contributed by atoms with van der Waals surface area (Å²) >= 11 is 0. The van der Waals surface area contributed by atoms with E-state index < -0.39 is 0 Å². The van der Waals surface area contributed by atoms with E-state index in [2.05, 4.69) is 23.9 Å². The molecule has 0 saturated heterocycles. The highest BCUT2D eigenvalue weighted by Crippen LogP contribution is 2.04. The first kappa shape index (κ1) is 11.2. The summed E-state index contributed by atoms with van der Waals surface area (Å²) in [6.07, 6.45) is 5.85. The molecular formula is C10H20N4. The third-order valence-corrected chi connectivity index (χ3v) is 2.49.